The average molecular weight is 473 g/mol. The molecule has 0 unspecified atom stereocenters. The first kappa shape index (κ1) is 19.5. The van der Waals surface area contributed by atoms with Gasteiger partial charge in [0.2, 0.25) is 16.0 Å². The van der Waals surface area contributed by atoms with E-state index in [1.54, 1.807) is 42.7 Å². The van der Waals surface area contributed by atoms with E-state index in [-0.39, 0.29) is 11.4 Å². The number of anilines is 1. The molecule has 0 radical (unpaired) electrons. The number of sulfonamides is 1. The Hall–Kier alpha value is -2.82. The van der Waals surface area contributed by atoms with Crippen molar-refractivity contribution in [3.05, 3.63) is 71.6 Å². The zero-order chi connectivity index (χ0) is 20.3. The van der Waals surface area contributed by atoms with Gasteiger partial charge in [0.05, 0.1) is 4.90 Å². The zero-order valence-electron chi connectivity index (χ0n) is 15.2. The predicted molar refractivity (Wildman–Crippen MR) is 114 cm³/mol. The number of benzene rings is 1. The number of nitrogens with one attached hydrogen (secondary N) is 2. The third-order valence-electron chi connectivity index (χ3n) is 4.14. The summed E-state index contributed by atoms with van der Waals surface area (Å²) in [6, 6.07) is 14.2. The standard InChI is InChI=1S/C19H17BrN6O2S/c20-15-4-1-5-16(13-15)29(27,28)24-11-10-23-19-22-9-6-17(25-19)26-12-7-14-3-2-8-21-18(14)26/h1-9,12-13,24H,10-11H2,(H,22,23,25). The van der Waals surface area contributed by atoms with E-state index in [0.29, 0.717) is 22.8 Å². The number of nitrogens with zero attached hydrogens (tertiary/aromatic N) is 4. The molecule has 0 saturated heterocycles. The van der Waals surface area contributed by atoms with E-state index in [1.807, 2.05) is 29.0 Å². The summed E-state index contributed by atoms with van der Waals surface area (Å²) in [6.45, 7) is 0.526. The number of halogens is 1. The van der Waals surface area contributed by atoms with Crippen molar-refractivity contribution in [1.29, 1.82) is 0 Å². The van der Waals surface area contributed by atoms with Gasteiger partial charge in [0, 0.05) is 41.5 Å². The normalized spacial score (nSPS) is 11.6. The van der Waals surface area contributed by atoms with Crippen LogP contribution in [-0.4, -0.2) is 41.0 Å². The molecule has 29 heavy (non-hydrogen) atoms. The van der Waals surface area contributed by atoms with Crippen LogP contribution in [0.15, 0.2) is 76.5 Å². The Bertz CT molecular complexity index is 1260. The van der Waals surface area contributed by atoms with Crippen molar-refractivity contribution in [2.75, 3.05) is 18.4 Å². The lowest BCUT2D eigenvalue weighted by Crippen LogP contribution is -2.29. The first-order chi connectivity index (χ1) is 14.0. The van der Waals surface area contributed by atoms with Crippen LogP contribution in [0.5, 0.6) is 0 Å². The van der Waals surface area contributed by atoms with Crippen LogP contribution in [0.2, 0.25) is 0 Å². The van der Waals surface area contributed by atoms with Gasteiger partial charge in [0.25, 0.3) is 0 Å². The van der Waals surface area contributed by atoms with Crippen molar-refractivity contribution < 1.29 is 8.42 Å². The Morgan fingerprint density at radius 2 is 1.90 bits per heavy atom. The van der Waals surface area contributed by atoms with Crippen molar-refractivity contribution >= 4 is 42.9 Å². The fourth-order valence-corrected chi connectivity index (χ4v) is 4.42. The lowest BCUT2D eigenvalue weighted by Gasteiger charge is -2.09. The van der Waals surface area contributed by atoms with Crippen molar-refractivity contribution in [2.24, 2.45) is 0 Å². The third-order valence-corrected chi connectivity index (χ3v) is 6.09. The zero-order valence-corrected chi connectivity index (χ0v) is 17.6. The van der Waals surface area contributed by atoms with Crippen LogP contribution in [0, 0.1) is 0 Å². The minimum Gasteiger partial charge on any atom is -0.353 e. The van der Waals surface area contributed by atoms with Crippen LogP contribution in [0.25, 0.3) is 16.9 Å². The van der Waals surface area contributed by atoms with Crippen LogP contribution in [-0.2, 0) is 10.0 Å². The van der Waals surface area contributed by atoms with Crippen molar-refractivity contribution in [3.8, 4) is 5.82 Å². The molecule has 0 atom stereocenters. The van der Waals surface area contributed by atoms with E-state index in [4.69, 9.17) is 0 Å². The molecular formula is C19H17BrN6O2S. The summed E-state index contributed by atoms with van der Waals surface area (Å²) in [5, 5.41) is 4.05. The quantitative estimate of drug-likeness (QED) is 0.401. The average Bonchev–Trinajstić information content (AvgIpc) is 3.16. The molecular weight excluding hydrogens is 456 g/mol. The summed E-state index contributed by atoms with van der Waals surface area (Å²) in [5.74, 6) is 1.08. The molecule has 10 heteroatoms. The minimum absolute atomic E-state index is 0.191. The highest BCUT2D eigenvalue weighted by Gasteiger charge is 2.13. The molecule has 0 aliphatic carbocycles. The molecule has 4 aromatic rings. The monoisotopic (exact) mass is 472 g/mol. The molecule has 0 saturated carbocycles. The van der Waals surface area contributed by atoms with Crippen LogP contribution < -0.4 is 10.0 Å². The summed E-state index contributed by atoms with van der Waals surface area (Å²) in [5.41, 5.74) is 0.805. The van der Waals surface area contributed by atoms with Gasteiger partial charge < -0.3 is 5.32 Å². The highest BCUT2D eigenvalue weighted by molar-refractivity contribution is 9.10. The van der Waals surface area contributed by atoms with Gasteiger partial charge in [-0.1, -0.05) is 22.0 Å². The molecule has 1 aromatic carbocycles. The second-order valence-electron chi connectivity index (χ2n) is 6.12. The van der Waals surface area contributed by atoms with Crippen LogP contribution in [0.4, 0.5) is 5.95 Å². The van der Waals surface area contributed by atoms with Crippen molar-refractivity contribution in [3.63, 3.8) is 0 Å². The van der Waals surface area contributed by atoms with Gasteiger partial charge in [-0.25, -0.2) is 23.1 Å². The van der Waals surface area contributed by atoms with E-state index in [9.17, 15) is 8.42 Å². The van der Waals surface area contributed by atoms with Crippen LogP contribution in [0.3, 0.4) is 0 Å². The summed E-state index contributed by atoms with van der Waals surface area (Å²) < 4.78 is 29.8. The van der Waals surface area contributed by atoms with E-state index < -0.39 is 10.0 Å². The van der Waals surface area contributed by atoms with Gasteiger partial charge in [-0.3, -0.25) is 4.57 Å². The van der Waals surface area contributed by atoms with Gasteiger partial charge in [0.15, 0.2) is 0 Å². The highest BCUT2D eigenvalue weighted by atomic mass is 79.9. The maximum Gasteiger partial charge on any atom is 0.240 e. The predicted octanol–water partition coefficient (Wildman–Crippen LogP) is 2.97. The molecule has 3 heterocycles. The van der Waals surface area contributed by atoms with Gasteiger partial charge in [-0.15, -0.1) is 0 Å². The molecule has 0 bridgehead atoms. The number of pyridine rings is 1. The molecule has 2 N–H and O–H groups in total. The summed E-state index contributed by atoms with van der Waals surface area (Å²) >= 11 is 3.28. The maximum absolute atomic E-state index is 12.3. The second-order valence-corrected chi connectivity index (χ2v) is 8.80. The Balaban J connectivity index is 1.40. The fraction of sp³-hybridized carbons (Fsp3) is 0.105. The number of fused-ring (bicyclic) bond motifs is 1. The molecule has 3 aromatic heterocycles. The Morgan fingerprint density at radius 1 is 1.00 bits per heavy atom. The molecule has 8 nitrogen and oxygen atoms in total. The smallest absolute Gasteiger partial charge is 0.240 e. The minimum atomic E-state index is -3.58. The molecule has 4 rings (SSSR count). The lowest BCUT2D eigenvalue weighted by molar-refractivity contribution is 0.582. The number of hydrogen-bond acceptors (Lipinski definition) is 6. The fourth-order valence-electron chi connectivity index (χ4n) is 2.80. The topological polar surface area (TPSA) is 102 Å². The Labute approximate surface area is 176 Å². The number of rotatable bonds is 7. The largest absolute Gasteiger partial charge is 0.353 e. The maximum atomic E-state index is 12.3. The van der Waals surface area contributed by atoms with Gasteiger partial charge >= 0.3 is 0 Å². The molecule has 0 aliphatic heterocycles. The summed E-state index contributed by atoms with van der Waals surface area (Å²) in [4.78, 5) is 13.3. The van der Waals surface area contributed by atoms with E-state index >= 15 is 0 Å². The van der Waals surface area contributed by atoms with Gasteiger partial charge in [-0.05, 0) is 42.5 Å². The molecule has 148 valence electrons. The van der Waals surface area contributed by atoms with Crippen LogP contribution in [0.1, 0.15) is 0 Å². The second kappa shape index (κ2) is 8.27. The van der Waals surface area contributed by atoms with Crippen molar-refractivity contribution in [2.45, 2.75) is 4.90 Å². The summed E-state index contributed by atoms with van der Waals surface area (Å²) in [7, 11) is -3.58. The molecule has 0 fully saturated rings. The SMILES string of the molecule is O=S(=O)(NCCNc1nccc(-n2ccc3cccnc32)n1)c1cccc(Br)c1. The molecule has 0 spiro atoms. The van der Waals surface area contributed by atoms with Crippen molar-refractivity contribution in [1.82, 2.24) is 24.2 Å². The Kier molecular flexibility index (Phi) is 5.56. The first-order valence-electron chi connectivity index (χ1n) is 8.77. The summed E-state index contributed by atoms with van der Waals surface area (Å²) in [6.07, 6.45) is 5.28. The number of hydrogen-bond donors (Lipinski definition) is 2. The van der Waals surface area contributed by atoms with Crippen LogP contribution >= 0.6 is 15.9 Å². The van der Waals surface area contributed by atoms with E-state index in [1.165, 1.54) is 0 Å². The van der Waals surface area contributed by atoms with Gasteiger partial charge in [0.1, 0.15) is 11.5 Å². The first-order valence-corrected chi connectivity index (χ1v) is 11.1. The number of aromatic nitrogens is 4. The Morgan fingerprint density at radius 3 is 2.76 bits per heavy atom. The molecule has 0 aliphatic rings. The van der Waals surface area contributed by atoms with E-state index in [2.05, 4.69) is 40.9 Å². The van der Waals surface area contributed by atoms with Gasteiger partial charge in [-0.2, -0.15) is 4.98 Å². The third kappa shape index (κ3) is 4.44. The lowest BCUT2D eigenvalue weighted by atomic mass is 10.3. The van der Waals surface area contributed by atoms with E-state index in [0.717, 1.165) is 11.0 Å². The highest BCUT2D eigenvalue weighted by Crippen LogP contribution is 2.17. The molecule has 0 amide bonds.